The third-order valence-electron chi connectivity index (χ3n) is 3.22. The molecule has 3 rings (SSSR count). The van der Waals surface area contributed by atoms with Crippen LogP contribution in [0, 0.1) is 5.21 Å². The molecule has 0 fully saturated rings. The molecule has 1 heterocycles. The van der Waals surface area contributed by atoms with Crippen LogP contribution in [0.5, 0.6) is 0 Å². The summed E-state index contributed by atoms with van der Waals surface area (Å²) in [6, 6.07) is 17.9. The van der Waals surface area contributed by atoms with Gasteiger partial charge in [-0.15, -0.1) is 0 Å². The van der Waals surface area contributed by atoms with Crippen LogP contribution >= 0.6 is 15.9 Å². The van der Waals surface area contributed by atoms with Crippen molar-refractivity contribution in [1.29, 1.82) is 0 Å². The summed E-state index contributed by atoms with van der Waals surface area (Å²) in [7, 11) is 0. The molecule has 2 nitrogen and oxygen atoms in total. The highest BCUT2D eigenvalue weighted by molar-refractivity contribution is 9.10. The van der Waals surface area contributed by atoms with Crippen molar-refractivity contribution in [3.63, 3.8) is 0 Å². The molecule has 0 aliphatic carbocycles. The van der Waals surface area contributed by atoms with E-state index in [-0.39, 0.29) is 0 Å². The maximum atomic E-state index is 11.9. The average molecular weight is 302 g/mol. The van der Waals surface area contributed by atoms with Crippen molar-refractivity contribution in [1.82, 2.24) is 0 Å². The Kier molecular flexibility index (Phi) is 2.71. The number of fused-ring (bicyclic) bond motifs is 1. The Hall–Kier alpha value is -1.61. The van der Waals surface area contributed by atoms with Crippen LogP contribution in [-0.2, 0) is 10.7 Å². The van der Waals surface area contributed by atoms with E-state index in [4.69, 9.17) is 0 Å². The van der Waals surface area contributed by atoms with Crippen molar-refractivity contribution in [2.45, 2.75) is 10.7 Å². The lowest BCUT2D eigenvalue weighted by Crippen LogP contribution is -2.20. The average Bonchev–Trinajstić information content (AvgIpc) is 2.63. The molecule has 0 aromatic heterocycles. The number of hydrogen-bond donors (Lipinski definition) is 0. The number of nitrogens with zero attached hydrogens (tertiary/aromatic N) is 1. The van der Waals surface area contributed by atoms with E-state index in [1.165, 1.54) is 5.56 Å². The zero-order chi connectivity index (χ0) is 12.6. The monoisotopic (exact) mass is 301 g/mol. The van der Waals surface area contributed by atoms with Crippen molar-refractivity contribution in [3.8, 4) is 0 Å². The molecular formula is C15H12BrNO. The minimum atomic E-state index is -0.396. The van der Waals surface area contributed by atoms with Crippen molar-refractivity contribution in [3.05, 3.63) is 70.9 Å². The van der Waals surface area contributed by atoms with Crippen LogP contribution in [-0.4, -0.2) is 11.0 Å². The van der Waals surface area contributed by atoms with Crippen molar-refractivity contribution >= 4 is 27.8 Å². The fraction of sp³-hybridized carbons (Fsp3) is 0.133. The smallest absolute Gasteiger partial charge is 0.221 e. The van der Waals surface area contributed by atoms with Gasteiger partial charge < -0.3 is 5.21 Å². The highest BCUT2D eigenvalue weighted by Gasteiger charge is 2.40. The van der Waals surface area contributed by atoms with Crippen LogP contribution in [0.4, 0.5) is 5.69 Å². The maximum Gasteiger partial charge on any atom is 0.221 e. The molecular weight excluding hydrogens is 290 g/mol. The van der Waals surface area contributed by atoms with Crippen molar-refractivity contribution in [2.75, 3.05) is 0 Å². The molecule has 3 heteroatoms. The molecule has 0 radical (unpaired) electrons. The van der Waals surface area contributed by atoms with Gasteiger partial charge in [-0.3, -0.25) is 0 Å². The first kappa shape index (κ1) is 11.5. The minimum absolute atomic E-state index is 0.396. The predicted octanol–water partition coefficient (Wildman–Crippen LogP) is 3.75. The molecule has 0 N–H and O–H groups in total. The fourth-order valence-electron chi connectivity index (χ4n) is 2.38. The molecule has 1 unspecified atom stereocenters. The second-order valence-electron chi connectivity index (χ2n) is 4.50. The van der Waals surface area contributed by atoms with E-state index in [2.05, 4.69) is 28.1 Å². The van der Waals surface area contributed by atoms with Gasteiger partial charge in [-0.25, -0.2) is 0 Å². The SMILES string of the molecule is [O-][N+]1=CC(Br)(Cc2ccccc2)c2ccccc21. The number of halogens is 1. The molecule has 2 aromatic rings. The first-order valence-electron chi connectivity index (χ1n) is 5.84. The number of rotatable bonds is 2. The Morgan fingerprint density at radius 3 is 2.44 bits per heavy atom. The van der Waals surface area contributed by atoms with E-state index in [0.717, 1.165) is 22.4 Å². The van der Waals surface area contributed by atoms with Gasteiger partial charge in [0.15, 0.2) is 6.21 Å². The summed E-state index contributed by atoms with van der Waals surface area (Å²) < 4.78 is 0.555. The molecule has 1 atom stereocenters. The van der Waals surface area contributed by atoms with E-state index >= 15 is 0 Å². The summed E-state index contributed by atoms with van der Waals surface area (Å²) in [5.41, 5.74) is 2.96. The topological polar surface area (TPSA) is 26.1 Å². The summed E-state index contributed by atoms with van der Waals surface area (Å²) >= 11 is 3.72. The summed E-state index contributed by atoms with van der Waals surface area (Å²) in [6.45, 7) is 0. The van der Waals surface area contributed by atoms with E-state index in [9.17, 15) is 5.21 Å². The fourth-order valence-corrected chi connectivity index (χ4v) is 3.22. The minimum Gasteiger partial charge on any atom is -0.618 e. The van der Waals surface area contributed by atoms with Crippen molar-refractivity contribution in [2.24, 2.45) is 0 Å². The van der Waals surface area contributed by atoms with E-state index in [1.54, 1.807) is 6.21 Å². The van der Waals surface area contributed by atoms with E-state index in [0.29, 0.717) is 0 Å². The van der Waals surface area contributed by atoms with Gasteiger partial charge >= 0.3 is 0 Å². The summed E-state index contributed by atoms with van der Waals surface area (Å²) in [5.74, 6) is 0. The van der Waals surface area contributed by atoms with Crippen LogP contribution in [0.3, 0.4) is 0 Å². The lowest BCUT2D eigenvalue weighted by molar-refractivity contribution is -0.352. The standard InChI is InChI=1S/C15H12BrNO/c16-15(10-12-6-2-1-3-7-12)11-17(18)14-9-5-4-8-13(14)15/h1-9,11H,10H2. The predicted molar refractivity (Wildman–Crippen MR) is 76.5 cm³/mol. The largest absolute Gasteiger partial charge is 0.618 e. The van der Waals surface area contributed by atoms with Crippen LogP contribution < -0.4 is 0 Å². The van der Waals surface area contributed by atoms with Crippen LogP contribution in [0.25, 0.3) is 0 Å². The Bertz CT molecular complexity index is 609. The van der Waals surface area contributed by atoms with Crippen LogP contribution in [0.15, 0.2) is 54.6 Å². The number of alkyl halides is 1. The van der Waals surface area contributed by atoms with E-state index < -0.39 is 4.32 Å². The Labute approximate surface area is 114 Å². The van der Waals surface area contributed by atoms with Gasteiger partial charge in [0, 0.05) is 12.5 Å². The second kappa shape index (κ2) is 4.25. The summed E-state index contributed by atoms with van der Waals surface area (Å²) in [4.78, 5) is 0. The quantitative estimate of drug-likeness (QED) is 0.471. The second-order valence-corrected chi connectivity index (χ2v) is 5.91. The third-order valence-corrected chi connectivity index (χ3v) is 4.13. The first-order valence-corrected chi connectivity index (χ1v) is 6.63. The number of benzene rings is 2. The highest BCUT2D eigenvalue weighted by Crippen LogP contribution is 2.42. The zero-order valence-corrected chi connectivity index (χ0v) is 11.3. The molecule has 0 spiro atoms. The highest BCUT2D eigenvalue weighted by atomic mass is 79.9. The molecule has 2 aromatic carbocycles. The van der Waals surface area contributed by atoms with Crippen LogP contribution in [0.2, 0.25) is 0 Å². The van der Waals surface area contributed by atoms with Gasteiger partial charge in [-0.2, -0.15) is 4.74 Å². The van der Waals surface area contributed by atoms with E-state index in [1.807, 2.05) is 42.5 Å². The Morgan fingerprint density at radius 1 is 1.00 bits per heavy atom. The Morgan fingerprint density at radius 2 is 1.67 bits per heavy atom. The van der Waals surface area contributed by atoms with Gasteiger partial charge in [-0.05, 0) is 5.56 Å². The number of hydrogen-bond acceptors (Lipinski definition) is 1. The van der Waals surface area contributed by atoms with Gasteiger partial charge in [0.1, 0.15) is 4.32 Å². The molecule has 0 saturated carbocycles. The zero-order valence-electron chi connectivity index (χ0n) is 9.71. The lowest BCUT2D eigenvalue weighted by Gasteiger charge is -2.16. The molecule has 0 bridgehead atoms. The van der Waals surface area contributed by atoms with Gasteiger partial charge in [0.25, 0.3) is 0 Å². The third kappa shape index (κ3) is 1.85. The van der Waals surface area contributed by atoms with Gasteiger partial charge in [0.05, 0.1) is 5.56 Å². The molecule has 18 heavy (non-hydrogen) atoms. The van der Waals surface area contributed by atoms with Crippen LogP contribution in [0.1, 0.15) is 11.1 Å². The summed E-state index contributed by atoms with van der Waals surface area (Å²) in [6.07, 6.45) is 2.47. The Balaban J connectivity index is 2.02. The number of para-hydroxylation sites is 1. The first-order chi connectivity index (χ1) is 8.69. The van der Waals surface area contributed by atoms with Gasteiger partial charge in [0.2, 0.25) is 5.69 Å². The molecule has 0 saturated heterocycles. The van der Waals surface area contributed by atoms with Crippen molar-refractivity contribution < 1.29 is 4.74 Å². The maximum absolute atomic E-state index is 11.9. The lowest BCUT2D eigenvalue weighted by atomic mass is 9.93. The normalized spacial score (nSPS) is 21.5. The molecule has 1 aliphatic rings. The summed E-state index contributed by atoms with van der Waals surface area (Å²) in [5, 5.41) is 11.9. The van der Waals surface area contributed by atoms with Gasteiger partial charge in [-0.1, -0.05) is 64.5 Å². The molecule has 90 valence electrons. The molecule has 1 aliphatic heterocycles. The molecule has 0 amide bonds.